The fraction of sp³-hybridized carbons (Fsp3) is 0.417. The van der Waals surface area contributed by atoms with Crippen LogP contribution < -0.4 is 20.5 Å². The number of rotatable bonds is 7. The summed E-state index contributed by atoms with van der Waals surface area (Å²) in [7, 11) is 7.05. The largest absolute Gasteiger partial charge is 0.489 e. The minimum atomic E-state index is -0.581. The van der Waals surface area contributed by atoms with E-state index in [2.05, 4.69) is 39.5 Å². The van der Waals surface area contributed by atoms with Gasteiger partial charge in [0.1, 0.15) is 12.0 Å². The molecule has 34 heavy (non-hydrogen) atoms. The maximum absolute atomic E-state index is 13.2. The van der Waals surface area contributed by atoms with E-state index in [0.29, 0.717) is 17.6 Å². The highest BCUT2D eigenvalue weighted by molar-refractivity contribution is 6.04. The Morgan fingerprint density at radius 2 is 1.94 bits per heavy atom. The highest BCUT2D eigenvalue weighted by atomic mass is 16.5. The molecule has 10 nitrogen and oxygen atoms in total. The number of nitrogens with one attached hydrogen (secondary N) is 1. The van der Waals surface area contributed by atoms with Crippen LogP contribution in [0.25, 0.3) is 0 Å². The average molecular weight is 467 g/mol. The van der Waals surface area contributed by atoms with Crippen LogP contribution >= 0.6 is 0 Å². The van der Waals surface area contributed by atoms with Gasteiger partial charge in [-0.05, 0) is 44.5 Å². The van der Waals surface area contributed by atoms with Gasteiger partial charge in [-0.1, -0.05) is 35.5 Å². The molecule has 0 spiro atoms. The van der Waals surface area contributed by atoms with E-state index in [-0.39, 0.29) is 17.5 Å². The summed E-state index contributed by atoms with van der Waals surface area (Å²) in [6.45, 7) is 2.01. The highest BCUT2D eigenvalue weighted by Gasteiger charge is 2.33. The van der Waals surface area contributed by atoms with Gasteiger partial charge in [0.05, 0.1) is 19.3 Å². The number of benzene rings is 1. The number of carbonyl (C=O) groups is 1. The number of methoxy groups -OCH3 is 1. The lowest BCUT2D eigenvalue weighted by atomic mass is 9.84. The first-order valence-corrected chi connectivity index (χ1v) is 11.2. The van der Waals surface area contributed by atoms with Crippen molar-refractivity contribution >= 4 is 17.5 Å². The molecule has 4 rings (SSSR count). The Balaban J connectivity index is 1.76. The van der Waals surface area contributed by atoms with E-state index in [0.717, 1.165) is 31.5 Å². The van der Waals surface area contributed by atoms with Gasteiger partial charge in [-0.2, -0.15) is 0 Å². The van der Waals surface area contributed by atoms with Gasteiger partial charge in [0.2, 0.25) is 11.7 Å². The molecule has 1 fully saturated rings. The summed E-state index contributed by atoms with van der Waals surface area (Å²) in [5.41, 5.74) is 0.965. The SMILES string of the molecule is COc1c(C(=O)Nc2cnoc2)nc(N(C)C(c2ccccc2)C2CCN(C)CC2)n(C)c1=O. The zero-order valence-corrected chi connectivity index (χ0v) is 19.9. The molecule has 1 saturated heterocycles. The van der Waals surface area contributed by atoms with Gasteiger partial charge in [0.15, 0.2) is 5.69 Å². The molecule has 1 atom stereocenters. The molecule has 3 aromatic rings. The molecule has 1 unspecified atom stereocenters. The molecule has 180 valence electrons. The molecule has 2 aromatic heterocycles. The van der Waals surface area contributed by atoms with E-state index in [1.54, 1.807) is 7.05 Å². The van der Waals surface area contributed by atoms with Crippen molar-refractivity contribution in [1.82, 2.24) is 19.6 Å². The van der Waals surface area contributed by atoms with Crippen molar-refractivity contribution in [2.24, 2.45) is 13.0 Å². The van der Waals surface area contributed by atoms with E-state index in [9.17, 15) is 9.59 Å². The van der Waals surface area contributed by atoms with Crippen LogP contribution in [0.4, 0.5) is 11.6 Å². The Hall–Kier alpha value is -3.66. The molecule has 0 radical (unpaired) electrons. The quantitative estimate of drug-likeness (QED) is 0.566. The predicted molar refractivity (Wildman–Crippen MR) is 128 cm³/mol. The Morgan fingerprint density at radius 1 is 1.24 bits per heavy atom. The molecular formula is C24H30N6O4. The molecule has 1 aliphatic heterocycles. The van der Waals surface area contributed by atoms with Crippen LogP contribution in [0.1, 0.15) is 34.9 Å². The van der Waals surface area contributed by atoms with Gasteiger partial charge < -0.3 is 24.4 Å². The number of ether oxygens (including phenoxy) is 1. The Labute approximate surface area is 198 Å². The third kappa shape index (κ3) is 4.67. The fourth-order valence-corrected chi connectivity index (χ4v) is 4.61. The summed E-state index contributed by atoms with van der Waals surface area (Å²) in [5, 5.41) is 6.23. The molecule has 1 amide bonds. The van der Waals surface area contributed by atoms with Gasteiger partial charge in [-0.25, -0.2) is 4.98 Å². The number of anilines is 2. The highest BCUT2D eigenvalue weighted by Crippen LogP contribution is 2.36. The first-order chi connectivity index (χ1) is 16.4. The van der Waals surface area contributed by atoms with Crippen LogP contribution in [0.2, 0.25) is 0 Å². The zero-order valence-electron chi connectivity index (χ0n) is 19.9. The molecule has 10 heteroatoms. The standard InChI is InChI=1S/C24H30N6O4/c1-28-12-10-17(11-13-28)20(16-8-6-5-7-9-16)29(2)24-27-19(21(33-4)23(32)30(24)3)22(31)26-18-14-25-34-15-18/h5-9,14-15,17,20H,10-13H2,1-4H3,(H,26,31). The predicted octanol–water partition coefficient (Wildman–Crippen LogP) is 2.55. The van der Waals surface area contributed by atoms with Crippen molar-refractivity contribution in [3.63, 3.8) is 0 Å². The summed E-state index contributed by atoms with van der Waals surface area (Å²) in [6.07, 6.45) is 4.70. The second kappa shape index (κ2) is 10.1. The third-order valence-electron chi connectivity index (χ3n) is 6.42. The third-order valence-corrected chi connectivity index (χ3v) is 6.42. The van der Waals surface area contributed by atoms with Crippen LogP contribution in [-0.4, -0.2) is 59.8 Å². The molecule has 1 N–H and O–H groups in total. The number of aromatic nitrogens is 3. The van der Waals surface area contributed by atoms with Crippen molar-refractivity contribution in [2.45, 2.75) is 18.9 Å². The lowest BCUT2D eigenvalue weighted by molar-refractivity contribution is 0.101. The number of nitrogens with zero attached hydrogens (tertiary/aromatic N) is 5. The molecule has 0 saturated carbocycles. The topological polar surface area (TPSA) is 106 Å². The number of carbonyl (C=O) groups excluding carboxylic acids is 1. The second-order valence-corrected chi connectivity index (χ2v) is 8.63. The normalized spacial score (nSPS) is 15.6. The molecule has 3 heterocycles. The lowest BCUT2D eigenvalue weighted by Gasteiger charge is -2.40. The summed E-state index contributed by atoms with van der Waals surface area (Å²) in [6, 6.07) is 10.2. The van der Waals surface area contributed by atoms with Crippen molar-refractivity contribution in [2.75, 3.05) is 44.5 Å². The van der Waals surface area contributed by atoms with Gasteiger partial charge in [-0.3, -0.25) is 14.2 Å². The molecule has 1 aromatic carbocycles. The van der Waals surface area contributed by atoms with Gasteiger partial charge in [0, 0.05) is 14.1 Å². The lowest BCUT2D eigenvalue weighted by Crippen LogP contribution is -2.41. The van der Waals surface area contributed by atoms with Gasteiger partial charge in [-0.15, -0.1) is 0 Å². The van der Waals surface area contributed by atoms with Crippen molar-refractivity contribution in [3.05, 3.63) is 64.4 Å². The number of piperidine rings is 1. The van der Waals surface area contributed by atoms with Crippen LogP contribution in [0.3, 0.4) is 0 Å². The summed E-state index contributed by atoms with van der Waals surface area (Å²) < 4.78 is 11.5. The van der Waals surface area contributed by atoms with Crippen LogP contribution in [0.5, 0.6) is 5.75 Å². The Bertz CT molecular complexity index is 1170. The van der Waals surface area contributed by atoms with Gasteiger partial charge in [0.25, 0.3) is 11.5 Å². The van der Waals surface area contributed by atoms with Crippen molar-refractivity contribution < 1.29 is 14.1 Å². The van der Waals surface area contributed by atoms with Gasteiger partial charge >= 0.3 is 0 Å². The maximum atomic E-state index is 13.2. The van der Waals surface area contributed by atoms with Crippen LogP contribution in [-0.2, 0) is 7.05 Å². The monoisotopic (exact) mass is 466 g/mol. The van der Waals surface area contributed by atoms with E-state index in [1.165, 1.54) is 24.1 Å². The minimum Gasteiger partial charge on any atom is -0.489 e. The summed E-state index contributed by atoms with van der Waals surface area (Å²) in [4.78, 5) is 35.2. The summed E-state index contributed by atoms with van der Waals surface area (Å²) >= 11 is 0. The Morgan fingerprint density at radius 3 is 2.56 bits per heavy atom. The summed E-state index contributed by atoms with van der Waals surface area (Å²) in [5.74, 6) is 0.0399. The second-order valence-electron chi connectivity index (χ2n) is 8.63. The molecule has 0 bridgehead atoms. The molecule has 1 aliphatic rings. The van der Waals surface area contributed by atoms with Crippen molar-refractivity contribution in [1.29, 1.82) is 0 Å². The maximum Gasteiger partial charge on any atom is 0.297 e. The molecule has 0 aliphatic carbocycles. The molecular weight excluding hydrogens is 436 g/mol. The van der Waals surface area contributed by atoms with E-state index in [1.807, 2.05) is 30.1 Å². The van der Waals surface area contributed by atoms with Crippen molar-refractivity contribution in [3.8, 4) is 5.75 Å². The van der Waals surface area contributed by atoms with E-state index in [4.69, 9.17) is 9.26 Å². The van der Waals surface area contributed by atoms with Crippen LogP contribution in [0, 0.1) is 5.92 Å². The van der Waals surface area contributed by atoms with E-state index >= 15 is 0 Å². The number of hydrogen-bond acceptors (Lipinski definition) is 8. The first kappa shape index (κ1) is 23.5. The first-order valence-electron chi connectivity index (χ1n) is 11.2. The number of amides is 1. The number of likely N-dealkylation sites (tertiary alicyclic amines) is 1. The minimum absolute atomic E-state index is 0.0182. The smallest absolute Gasteiger partial charge is 0.297 e. The fourth-order valence-electron chi connectivity index (χ4n) is 4.61. The average Bonchev–Trinajstić information content (AvgIpc) is 3.35. The van der Waals surface area contributed by atoms with E-state index < -0.39 is 11.5 Å². The zero-order chi connectivity index (χ0) is 24.2. The number of hydrogen-bond donors (Lipinski definition) is 1. The Kier molecular flexibility index (Phi) is 6.97. The van der Waals surface area contributed by atoms with Crippen LogP contribution in [0.15, 0.2) is 52.1 Å².